The van der Waals surface area contributed by atoms with Gasteiger partial charge >= 0.3 is 0 Å². The van der Waals surface area contributed by atoms with Crippen LogP contribution in [0.5, 0.6) is 5.88 Å². The van der Waals surface area contributed by atoms with Crippen molar-refractivity contribution >= 4 is 5.91 Å². The van der Waals surface area contributed by atoms with Crippen molar-refractivity contribution < 1.29 is 14.3 Å². The standard InChI is InChI=1S/C20H28N2O3/c23-19(22-20(9-10-20)16-5-4-12-24-14-16)15-8-11-21-18(13-15)25-17-6-2-1-3-7-17/h8,11,13,16-17H,1-7,9-10,12,14H2,(H,22,23). The third kappa shape index (κ3) is 3.97. The van der Waals surface area contributed by atoms with Gasteiger partial charge in [-0.05, 0) is 57.4 Å². The Kier molecular flexibility index (Phi) is 4.93. The van der Waals surface area contributed by atoms with Gasteiger partial charge in [0.05, 0.1) is 6.61 Å². The topological polar surface area (TPSA) is 60.5 Å². The highest BCUT2D eigenvalue weighted by Gasteiger charge is 2.50. The molecule has 1 unspecified atom stereocenters. The normalized spacial score (nSPS) is 26.0. The summed E-state index contributed by atoms with van der Waals surface area (Å²) in [6.07, 6.45) is 12.2. The number of carbonyl (C=O) groups is 1. The number of amides is 1. The summed E-state index contributed by atoms with van der Waals surface area (Å²) in [7, 11) is 0. The maximum Gasteiger partial charge on any atom is 0.251 e. The lowest BCUT2D eigenvalue weighted by atomic mass is 9.91. The van der Waals surface area contributed by atoms with Gasteiger partial charge in [0.15, 0.2) is 0 Å². The number of ether oxygens (including phenoxy) is 2. The average Bonchev–Trinajstić information content (AvgIpc) is 3.44. The van der Waals surface area contributed by atoms with Gasteiger partial charge in [-0.1, -0.05) is 6.42 Å². The van der Waals surface area contributed by atoms with Crippen LogP contribution >= 0.6 is 0 Å². The van der Waals surface area contributed by atoms with Crippen LogP contribution in [0.15, 0.2) is 18.3 Å². The highest BCUT2D eigenvalue weighted by atomic mass is 16.5. The van der Waals surface area contributed by atoms with E-state index in [2.05, 4.69) is 10.3 Å². The number of hydrogen-bond donors (Lipinski definition) is 1. The van der Waals surface area contributed by atoms with E-state index in [0.717, 1.165) is 51.7 Å². The van der Waals surface area contributed by atoms with E-state index in [1.54, 1.807) is 18.3 Å². The zero-order valence-corrected chi connectivity index (χ0v) is 14.8. The molecule has 3 aliphatic rings. The van der Waals surface area contributed by atoms with Crippen LogP contribution in [0.4, 0.5) is 0 Å². The third-order valence-corrected chi connectivity index (χ3v) is 5.93. The van der Waals surface area contributed by atoms with Crippen molar-refractivity contribution in [2.24, 2.45) is 5.92 Å². The summed E-state index contributed by atoms with van der Waals surface area (Å²) in [6, 6.07) is 3.56. The van der Waals surface area contributed by atoms with Gasteiger partial charge in [0, 0.05) is 35.9 Å². The van der Waals surface area contributed by atoms with Crippen LogP contribution in [0, 0.1) is 5.92 Å². The van der Waals surface area contributed by atoms with Crippen molar-refractivity contribution in [2.75, 3.05) is 13.2 Å². The van der Waals surface area contributed by atoms with Crippen LogP contribution in [0.25, 0.3) is 0 Å². The van der Waals surface area contributed by atoms with Crippen molar-refractivity contribution in [3.05, 3.63) is 23.9 Å². The number of carbonyl (C=O) groups excluding carboxylic acids is 1. The fraction of sp³-hybridized carbons (Fsp3) is 0.700. The minimum absolute atomic E-state index is 0.0148. The number of aromatic nitrogens is 1. The maximum absolute atomic E-state index is 12.8. The van der Waals surface area contributed by atoms with Gasteiger partial charge in [-0.15, -0.1) is 0 Å². The van der Waals surface area contributed by atoms with E-state index in [1.165, 1.54) is 19.3 Å². The highest BCUT2D eigenvalue weighted by Crippen LogP contribution is 2.45. The minimum Gasteiger partial charge on any atom is -0.474 e. The monoisotopic (exact) mass is 344 g/mol. The first-order valence-electron chi connectivity index (χ1n) is 9.78. The smallest absolute Gasteiger partial charge is 0.251 e. The number of nitrogens with one attached hydrogen (secondary N) is 1. The van der Waals surface area contributed by atoms with Gasteiger partial charge in [-0.3, -0.25) is 4.79 Å². The Morgan fingerprint density at radius 1 is 1.20 bits per heavy atom. The average molecular weight is 344 g/mol. The molecular formula is C20H28N2O3. The Balaban J connectivity index is 1.39. The molecule has 2 heterocycles. The third-order valence-electron chi connectivity index (χ3n) is 5.93. The van der Waals surface area contributed by atoms with E-state index >= 15 is 0 Å². The first-order valence-corrected chi connectivity index (χ1v) is 9.78. The molecule has 0 aromatic carbocycles. The second-order valence-electron chi connectivity index (χ2n) is 7.78. The van der Waals surface area contributed by atoms with Crippen LogP contribution in [0.2, 0.25) is 0 Å². The number of rotatable bonds is 5. The van der Waals surface area contributed by atoms with Crippen molar-refractivity contribution in [1.29, 1.82) is 0 Å². The van der Waals surface area contributed by atoms with Crippen LogP contribution in [-0.2, 0) is 4.74 Å². The second kappa shape index (κ2) is 7.32. The van der Waals surface area contributed by atoms with Crippen molar-refractivity contribution in [3.8, 4) is 5.88 Å². The number of pyridine rings is 1. The van der Waals surface area contributed by atoms with Crippen molar-refractivity contribution in [3.63, 3.8) is 0 Å². The van der Waals surface area contributed by atoms with Gasteiger partial charge in [0.2, 0.25) is 5.88 Å². The first-order chi connectivity index (χ1) is 12.3. The molecule has 5 nitrogen and oxygen atoms in total. The summed E-state index contributed by atoms with van der Waals surface area (Å²) >= 11 is 0. The van der Waals surface area contributed by atoms with E-state index in [9.17, 15) is 4.79 Å². The summed E-state index contributed by atoms with van der Waals surface area (Å²) in [6.45, 7) is 1.62. The number of hydrogen-bond acceptors (Lipinski definition) is 4. The van der Waals surface area contributed by atoms with Gasteiger partial charge in [0.25, 0.3) is 5.91 Å². The molecule has 1 N–H and O–H groups in total. The number of nitrogens with zero attached hydrogens (tertiary/aromatic N) is 1. The lowest BCUT2D eigenvalue weighted by Crippen LogP contribution is -2.45. The fourth-order valence-electron chi connectivity index (χ4n) is 4.21. The van der Waals surface area contributed by atoms with E-state index in [0.29, 0.717) is 17.4 Å². The Bertz CT molecular complexity index is 603. The molecule has 0 bridgehead atoms. The lowest BCUT2D eigenvalue weighted by molar-refractivity contribution is 0.0335. The summed E-state index contributed by atoms with van der Waals surface area (Å²) in [5, 5.41) is 3.28. The molecule has 1 atom stereocenters. The fourth-order valence-corrected chi connectivity index (χ4v) is 4.21. The molecular weight excluding hydrogens is 316 g/mol. The van der Waals surface area contributed by atoms with Crippen LogP contribution in [0.3, 0.4) is 0 Å². The molecule has 0 spiro atoms. The Hall–Kier alpha value is -1.62. The molecule has 0 radical (unpaired) electrons. The second-order valence-corrected chi connectivity index (χ2v) is 7.78. The highest BCUT2D eigenvalue weighted by molar-refractivity contribution is 5.95. The maximum atomic E-state index is 12.8. The van der Waals surface area contributed by atoms with Gasteiger partial charge in [0.1, 0.15) is 6.10 Å². The predicted molar refractivity (Wildman–Crippen MR) is 94.7 cm³/mol. The molecule has 3 fully saturated rings. The molecule has 2 aliphatic carbocycles. The largest absolute Gasteiger partial charge is 0.474 e. The van der Waals surface area contributed by atoms with Crippen LogP contribution < -0.4 is 10.1 Å². The molecule has 1 saturated heterocycles. The molecule has 2 saturated carbocycles. The summed E-state index contributed by atoms with van der Waals surface area (Å²) in [5.41, 5.74) is 0.592. The van der Waals surface area contributed by atoms with E-state index in [4.69, 9.17) is 9.47 Å². The first kappa shape index (κ1) is 16.8. The van der Waals surface area contributed by atoms with Gasteiger partial charge in [-0.25, -0.2) is 4.98 Å². The molecule has 5 heteroatoms. The molecule has 136 valence electrons. The Morgan fingerprint density at radius 2 is 2.04 bits per heavy atom. The molecule has 1 aromatic rings. The SMILES string of the molecule is O=C(NC1(C2CCCOC2)CC1)c1ccnc(OC2CCCCC2)c1. The molecule has 1 aromatic heterocycles. The van der Waals surface area contributed by atoms with Crippen LogP contribution in [-0.4, -0.2) is 35.7 Å². The van der Waals surface area contributed by atoms with Crippen molar-refractivity contribution in [1.82, 2.24) is 10.3 Å². The quantitative estimate of drug-likeness (QED) is 0.888. The van der Waals surface area contributed by atoms with Gasteiger partial charge in [-0.2, -0.15) is 0 Å². The van der Waals surface area contributed by atoms with Gasteiger partial charge < -0.3 is 14.8 Å². The lowest BCUT2D eigenvalue weighted by Gasteiger charge is -2.31. The zero-order chi connectivity index (χ0) is 17.1. The minimum atomic E-state index is -0.0504. The molecule has 4 rings (SSSR count). The molecule has 1 amide bonds. The predicted octanol–water partition coefficient (Wildman–Crippen LogP) is 3.48. The Morgan fingerprint density at radius 3 is 2.76 bits per heavy atom. The van der Waals surface area contributed by atoms with Crippen molar-refractivity contribution in [2.45, 2.75) is 69.4 Å². The van der Waals surface area contributed by atoms with E-state index in [1.807, 2.05) is 0 Å². The summed E-state index contributed by atoms with van der Waals surface area (Å²) in [4.78, 5) is 17.0. The molecule has 1 aliphatic heterocycles. The van der Waals surface area contributed by atoms with E-state index < -0.39 is 0 Å². The Labute approximate surface area is 149 Å². The van der Waals surface area contributed by atoms with E-state index in [-0.39, 0.29) is 17.6 Å². The molecule has 25 heavy (non-hydrogen) atoms. The summed E-state index contributed by atoms with van der Waals surface area (Å²) < 4.78 is 11.6. The summed E-state index contributed by atoms with van der Waals surface area (Å²) in [5.74, 6) is 1.01. The van der Waals surface area contributed by atoms with Crippen LogP contribution in [0.1, 0.15) is 68.1 Å². The zero-order valence-electron chi connectivity index (χ0n) is 14.8.